The number of likely N-dealkylation sites (N-methyl/N-ethyl adjacent to an activating group) is 1. The van der Waals surface area contributed by atoms with Crippen LogP contribution in [0, 0.1) is 11.6 Å². The summed E-state index contributed by atoms with van der Waals surface area (Å²) in [4.78, 5) is 28.5. The first kappa shape index (κ1) is 24.0. The molecule has 0 bridgehead atoms. The molecule has 0 saturated carbocycles. The first-order chi connectivity index (χ1) is 16.8. The van der Waals surface area contributed by atoms with E-state index in [4.69, 9.17) is 14.2 Å². The molecule has 3 aromatic carbocycles. The molecule has 3 aromatic rings. The third-order valence-electron chi connectivity index (χ3n) is 6.10. The van der Waals surface area contributed by atoms with Crippen LogP contribution in [0.2, 0.25) is 0 Å². The van der Waals surface area contributed by atoms with Crippen molar-refractivity contribution in [2.24, 2.45) is 0 Å². The zero-order chi connectivity index (χ0) is 25.3. The van der Waals surface area contributed by atoms with Crippen molar-refractivity contribution >= 4 is 17.5 Å². The van der Waals surface area contributed by atoms with Gasteiger partial charge in [-0.15, -0.1) is 0 Å². The number of nitrogens with one attached hydrogen (secondary N) is 1. The van der Waals surface area contributed by atoms with E-state index in [0.29, 0.717) is 34.4 Å². The largest absolute Gasteiger partial charge is 0.497 e. The molecule has 1 aliphatic heterocycles. The van der Waals surface area contributed by atoms with Crippen LogP contribution in [-0.4, -0.2) is 45.1 Å². The smallest absolute Gasteiger partial charge is 0.254 e. The van der Waals surface area contributed by atoms with E-state index in [1.807, 2.05) is 0 Å². The van der Waals surface area contributed by atoms with Crippen molar-refractivity contribution in [2.75, 3.05) is 33.7 Å². The highest BCUT2D eigenvalue weighted by Gasteiger charge is 2.43. The summed E-state index contributed by atoms with van der Waals surface area (Å²) in [5.74, 6) is -2.25. The van der Waals surface area contributed by atoms with Crippen LogP contribution in [0.5, 0.6) is 17.2 Å². The number of benzene rings is 3. The van der Waals surface area contributed by atoms with E-state index in [2.05, 4.69) is 5.32 Å². The second kappa shape index (κ2) is 9.61. The molecule has 4 rings (SSSR count). The number of nitrogens with zero attached hydrogens (tertiary/aromatic N) is 1. The molecule has 9 heteroatoms. The monoisotopic (exact) mass is 482 g/mol. The third-order valence-corrected chi connectivity index (χ3v) is 6.10. The van der Waals surface area contributed by atoms with Gasteiger partial charge in [0.15, 0.2) is 11.5 Å². The lowest BCUT2D eigenvalue weighted by molar-refractivity contribution is -0.119. The predicted octanol–water partition coefficient (Wildman–Crippen LogP) is 4.54. The molecule has 2 amide bonds. The summed E-state index contributed by atoms with van der Waals surface area (Å²) in [5, 5.41) is 2.56. The third kappa shape index (κ3) is 4.37. The second-order valence-corrected chi connectivity index (χ2v) is 8.02. The van der Waals surface area contributed by atoms with Gasteiger partial charge in [0.1, 0.15) is 17.4 Å². The Morgan fingerprint density at radius 2 is 1.57 bits per heavy atom. The number of anilines is 1. The summed E-state index contributed by atoms with van der Waals surface area (Å²) in [6, 6.07) is 12.2. The fourth-order valence-corrected chi connectivity index (χ4v) is 4.35. The minimum absolute atomic E-state index is 0.175. The van der Waals surface area contributed by atoms with Crippen LogP contribution >= 0.6 is 0 Å². The number of halogens is 2. The van der Waals surface area contributed by atoms with Gasteiger partial charge in [0.05, 0.1) is 39.0 Å². The van der Waals surface area contributed by atoms with E-state index in [0.717, 1.165) is 12.1 Å². The van der Waals surface area contributed by atoms with Gasteiger partial charge in [0, 0.05) is 18.7 Å². The van der Waals surface area contributed by atoms with Crippen LogP contribution in [0.25, 0.3) is 0 Å². The maximum absolute atomic E-state index is 14.4. The lowest BCUT2D eigenvalue weighted by Crippen LogP contribution is -2.44. The van der Waals surface area contributed by atoms with Crippen molar-refractivity contribution in [1.29, 1.82) is 0 Å². The Labute approximate surface area is 201 Å². The Bertz CT molecular complexity index is 1280. The zero-order valence-corrected chi connectivity index (χ0v) is 19.6. The fourth-order valence-electron chi connectivity index (χ4n) is 4.35. The number of amides is 2. The van der Waals surface area contributed by atoms with Crippen molar-refractivity contribution < 1.29 is 32.6 Å². The summed E-state index contributed by atoms with van der Waals surface area (Å²) in [5.41, 5.74) is 1.15. The number of hydrogen-bond donors (Lipinski definition) is 1. The molecule has 0 aliphatic carbocycles. The highest BCUT2D eigenvalue weighted by molar-refractivity contribution is 6.05. The average Bonchev–Trinajstić information content (AvgIpc) is 2.86. The quantitative estimate of drug-likeness (QED) is 0.558. The van der Waals surface area contributed by atoms with Crippen LogP contribution < -0.4 is 19.5 Å². The number of carbonyl (C=O) groups is 2. The van der Waals surface area contributed by atoms with Gasteiger partial charge in [-0.2, -0.15) is 0 Å². The molecular formula is C26H24F2N2O5. The number of methoxy groups -OCH3 is 3. The highest BCUT2D eigenvalue weighted by atomic mass is 19.1. The molecule has 7 nitrogen and oxygen atoms in total. The molecule has 35 heavy (non-hydrogen) atoms. The van der Waals surface area contributed by atoms with Gasteiger partial charge < -0.3 is 24.4 Å². The summed E-state index contributed by atoms with van der Waals surface area (Å²) in [6.07, 6.45) is 0. The Hall–Kier alpha value is -4.14. The summed E-state index contributed by atoms with van der Waals surface area (Å²) < 4.78 is 43.8. The van der Waals surface area contributed by atoms with Crippen molar-refractivity contribution in [3.8, 4) is 17.2 Å². The van der Waals surface area contributed by atoms with Crippen LogP contribution in [-0.2, 0) is 4.79 Å². The van der Waals surface area contributed by atoms with Crippen LogP contribution in [0.4, 0.5) is 14.5 Å². The Kier molecular flexibility index (Phi) is 6.59. The van der Waals surface area contributed by atoms with Crippen molar-refractivity contribution in [3.63, 3.8) is 0 Å². The average molecular weight is 482 g/mol. The molecule has 0 unspecified atom stereocenters. The highest BCUT2D eigenvalue weighted by Crippen LogP contribution is 2.46. The first-order valence-corrected chi connectivity index (χ1v) is 10.7. The van der Waals surface area contributed by atoms with Crippen LogP contribution in [0.1, 0.15) is 33.4 Å². The minimum atomic E-state index is -0.953. The first-order valence-electron chi connectivity index (χ1n) is 10.7. The maximum Gasteiger partial charge on any atom is 0.254 e. The fraction of sp³-hybridized carbons (Fsp3) is 0.231. The molecule has 1 heterocycles. The number of rotatable bonds is 6. The standard InChI is InChI=1S/C26H24F2N2O5/c1-30-24(14-5-8-16(33-2)9-6-14)23(25(31)29-20-10-7-15(27)11-19(20)28)17-12-21(34-3)22(35-4)13-18(17)26(30)32/h5-13,23-24H,1-4H3,(H,29,31)/t23-,24+/m0/s1. The van der Waals surface area contributed by atoms with E-state index in [1.54, 1.807) is 37.4 Å². The van der Waals surface area contributed by atoms with Crippen molar-refractivity contribution in [3.05, 3.63) is 82.9 Å². The number of carbonyl (C=O) groups excluding carboxylic acids is 2. The van der Waals surface area contributed by atoms with Crippen molar-refractivity contribution in [2.45, 2.75) is 12.0 Å². The molecule has 0 fully saturated rings. The molecule has 2 atom stereocenters. The van der Waals surface area contributed by atoms with Gasteiger partial charge in [0.2, 0.25) is 5.91 Å². The molecule has 182 valence electrons. The zero-order valence-electron chi connectivity index (χ0n) is 19.6. The van der Waals surface area contributed by atoms with Gasteiger partial charge in [-0.3, -0.25) is 9.59 Å². The van der Waals surface area contributed by atoms with E-state index < -0.39 is 29.5 Å². The van der Waals surface area contributed by atoms with Crippen molar-refractivity contribution in [1.82, 2.24) is 4.90 Å². The molecule has 0 radical (unpaired) electrons. The number of ether oxygens (including phenoxy) is 3. The van der Waals surface area contributed by atoms with Gasteiger partial charge in [-0.25, -0.2) is 8.78 Å². The predicted molar refractivity (Wildman–Crippen MR) is 125 cm³/mol. The number of hydrogen-bond acceptors (Lipinski definition) is 5. The van der Waals surface area contributed by atoms with Crippen LogP contribution in [0.3, 0.4) is 0 Å². The molecule has 0 aromatic heterocycles. The second-order valence-electron chi connectivity index (χ2n) is 8.02. The molecule has 0 saturated heterocycles. The van der Waals surface area contributed by atoms with E-state index >= 15 is 0 Å². The van der Waals surface area contributed by atoms with E-state index in [9.17, 15) is 18.4 Å². The van der Waals surface area contributed by atoms with Gasteiger partial charge >= 0.3 is 0 Å². The topological polar surface area (TPSA) is 77.1 Å². The molecule has 1 aliphatic rings. The van der Waals surface area contributed by atoms with Gasteiger partial charge in [0.25, 0.3) is 5.91 Å². The maximum atomic E-state index is 14.4. The van der Waals surface area contributed by atoms with Crippen LogP contribution in [0.15, 0.2) is 54.6 Å². The minimum Gasteiger partial charge on any atom is -0.497 e. The van der Waals surface area contributed by atoms with Gasteiger partial charge in [-0.05, 0) is 47.5 Å². The molecular weight excluding hydrogens is 458 g/mol. The molecule has 0 spiro atoms. The SMILES string of the molecule is COc1ccc([C@@H]2[C@@H](C(=O)Nc3ccc(F)cc3F)c3cc(OC)c(OC)cc3C(=O)N2C)cc1. The summed E-state index contributed by atoms with van der Waals surface area (Å²) in [6.45, 7) is 0. The Morgan fingerprint density at radius 1 is 0.914 bits per heavy atom. The molecule has 1 N–H and O–H groups in total. The Morgan fingerprint density at radius 3 is 2.17 bits per heavy atom. The lowest BCUT2D eigenvalue weighted by Gasteiger charge is -2.40. The summed E-state index contributed by atoms with van der Waals surface area (Å²) >= 11 is 0. The summed E-state index contributed by atoms with van der Waals surface area (Å²) in [7, 11) is 6.03. The normalized spacial score (nSPS) is 17.0. The lowest BCUT2D eigenvalue weighted by atomic mass is 9.79. The number of fused-ring (bicyclic) bond motifs is 1. The van der Waals surface area contributed by atoms with E-state index in [1.165, 1.54) is 32.3 Å². The van der Waals surface area contributed by atoms with Gasteiger partial charge in [-0.1, -0.05) is 12.1 Å². The van der Waals surface area contributed by atoms with E-state index in [-0.39, 0.29) is 17.2 Å². The Balaban J connectivity index is 1.87.